The molecular formula is C14H18N6O3. The minimum absolute atomic E-state index is 0.0968. The first-order valence-electron chi connectivity index (χ1n) is 8.01. The lowest BCUT2D eigenvalue weighted by atomic mass is 9.90. The predicted molar refractivity (Wildman–Crippen MR) is 75.1 cm³/mol. The van der Waals surface area contributed by atoms with E-state index in [4.69, 9.17) is 9.47 Å². The summed E-state index contributed by atoms with van der Waals surface area (Å²) in [7, 11) is 0. The van der Waals surface area contributed by atoms with Crippen LogP contribution in [0, 0.1) is 0 Å². The highest BCUT2D eigenvalue weighted by atomic mass is 16.7. The standard InChI is InChI=1S/C14H18N6O3/c21-14(4-3-10-7-22-13(14)23-10)11-6-19(18-17-11)5-9-1-2-12-15-8-16-20(9)12/h6,8-10,13,21H,1-5,7H2/t9?,10-,13+,14?/m0/s1. The zero-order chi connectivity index (χ0) is 15.4. The summed E-state index contributed by atoms with van der Waals surface area (Å²) in [5.74, 6) is 1.01. The Balaban J connectivity index is 1.37. The predicted octanol–water partition coefficient (Wildman–Crippen LogP) is -0.220. The van der Waals surface area contributed by atoms with Crippen LogP contribution in [-0.4, -0.2) is 53.9 Å². The van der Waals surface area contributed by atoms with Crippen LogP contribution in [0.15, 0.2) is 12.5 Å². The molecule has 4 atom stereocenters. The summed E-state index contributed by atoms with van der Waals surface area (Å²) in [4.78, 5) is 4.24. The molecule has 3 aliphatic heterocycles. The van der Waals surface area contributed by atoms with Crippen molar-refractivity contribution in [3.05, 3.63) is 24.0 Å². The van der Waals surface area contributed by atoms with Crippen LogP contribution in [0.4, 0.5) is 0 Å². The molecule has 2 saturated heterocycles. The number of hydrogen-bond donors (Lipinski definition) is 1. The zero-order valence-electron chi connectivity index (χ0n) is 12.6. The van der Waals surface area contributed by atoms with E-state index in [1.165, 1.54) is 0 Å². The maximum absolute atomic E-state index is 10.9. The molecule has 0 radical (unpaired) electrons. The second-order valence-corrected chi connectivity index (χ2v) is 6.53. The van der Waals surface area contributed by atoms with Gasteiger partial charge < -0.3 is 14.6 Å². The van der Waals surface area contributed by atoms with E-state index >= 15 is 0 Å². The Bertz CT molecular complexity index is 730. The van der Waals surface area contributed by atoms with Crippen molar-refractivity contribution in [2.24, 2.45) is 0 Å². The summed E-state index contributed by atoms with van der Waals surface area (Å²) in [5.41, 5.74) is -0.695. The molecule has 2 unspecified atom stereocenters. The number of aryl methyl sites for hydroxylation is 1. The third-order valence-corrected chi connectivity index (χ3v) is 5.06. The van der Waals surface area contributed by atoms with Crippen LogP contribution >= 0.6 is 0 Å². The Morgan fingerprint density at radius 2 is 2.35 bits per heavy atom. The van der Waals surface area contributed by atoms with Crippen molar-refractivity contribution in [1.82, 2.24) is 29.8 Å². The fourth-order valence-electron chi connectivity index (χ4n) is 3.74. The van der Waals surface area contributed by atoms with Gasteiger partial charge in [-0.05, 0) is 19.3 Å². The maximum atomic E-state index is 10.9. The van der Waals surface area contributed by atoms with Crippen molar-refractivity contribution in [2.75, 3.05) is 6.61 Å². The van der Waals surface area contributed by atoms with Gasteiger partial charge in [0.15, 0.2) is 11.9 Å². The molecule has 1 N–H and O–H groups in total. The van der Waals surface area contributed by atoms with Gasteiger partial charge in [-0.3, -0.25) is 4.68 Å². The Labute approximate surface area is 132 Å². The van der Waals surface area contributed by atoms with E-state index in [1.807, 2.05) is 4.68 Å². The molecule has 2 bridgehead atoms. The van der Waals surface area contributed by atoms with Crippen LogP contribution in [-0.2, 0) is 28.0 Å². The topological polar surface area (TPSA) is 100 Å². The second-order valence-electron chi connectivity index (χ2n) is 6.53. The van der Waals surface area contributed by atoms with Crippen LogP contribution in [0.2, 0.25) is 0 Å². The van der Waals surface area contributed by atoms with Gasteiger partial charge in [0.1, 0.15) is 17.8 Å². The van der Waals surface area contributed by atoms with Crippen molar-refractivity contribution in [2.45, 2.75) is 56.3 Å². The molecule has 2 aromatic rings. The van der Waals surface area contributed by atoms with Crippen molar-refractivity contribution in [3.63, 3.8) is 0 Å². The highest BCUT2D eigenvalue weighted by molar-refractivity contribution is 5.11. The molecule has 23 heavy (non-hydrogen) atoms. The molecule has 9 nitrogen and oxygen atoms in total. The van der Waals surface area contributed by atoms with E-state index in [0.717, 1.165) is 25.1 Å². The molecule has 0 aliphatic carbocycles. The van der Waals surface area contributed by atoms with Crippen molar-refractivity contribution in [1.29, 1.82) is 0 Å². The van der Waals surface area contributed by atoms with Gasteiger partial charge in [0.2, 0.25) is 0 Å². The number of rotatable bonds is 3. The minimum atomic E-state index is -1.21. The summed E-state index contributed by atoms with van der Waals surface area (Å²) in [6.45, 7) is 1.20. The smallest absolute Gasteiger partial charge is 0.192 e. The zero-order valence-corrected chi connectivity index (χ0v) is 12.6. The van der Waals surface area contributed by atoms with Gasteiger partial charge in [-0.1, -0.05) is 5.21 Å². The van der Waals surface area contributed by atoms with Crippen LogP contribution in [0.3, 0.4) is 0 Å². The maximum Gasteiger partial charge on any atom is 0.192 e. The summed E-state index contributed by atoms with van der Waals surface area (Å²) in [5, 5.41) is 23.6. The minimum Gasteiger partial charge on any atom is -0.378 e. The lowest BCUT2D eigenvalue weighted by Gasteiger charge is -2.34. The van der Waals surface area contributed by atoms with Crippen molar-refractivity contribution in [3.8, 4) is 0 Å². The molecule has 0 aromatic carbocycles. The number of fused-ring (bicyclic) bond motifs is 3. The SMILES string of the molecule is OC1(c2cn(CC3CCc4ncnn43)nn2)CC[C@H]2CO[C@@H]1O2. The molecule has 0 spiro atoms. The lowest BCUT2D eigenvalue weighted by molar-refractivity contribution is -0.219. The second kappa shape index (κ2) is 4.83. The van der Waals surface area contributed by atoms with E-state index in [0.29, 0.717) is 25.3 Å². The van der Waals surface area contributed by atoms with Crippen LogP contribution in [0.1, 0.15) is 36.8 Å². The summed E-state index contributed by atoms with van der Waals surface area (Å²) in [6, 6.07) is 0.228. The van der Waals surface area contributed by atoms with Crippen LogP contribution < -0.4 is 0 Å². The molecule has 9 heteroatoms. The molecule has 3 aliphatic rings. The van der Waals surface area contributed by atoms with Gasteiger partial charge in [0.25, 0.3) is 0 Å². The van der Waals surface area contributed by atoms with E-state index in [2.05, 4.69) is 20.4 Å². The average Bonchev–Trinajstić information content (AvgIpc) is 3.31. The average molecular weight is 318 g/mol. The van der Waals surface area contributed by atoms with Gasteiger partial charge >= 0.3 is 0 Å². The molecular weight excluding hydrogens is 300 g/mol. The molecule has 5 rings (SSSR count). The van der Waals surface area contributed by atoms with E-state index in [9.17, 15) is 5.11 Å². The fraction of sp³-hybridized carbons (Fsp3) is 0.714. The number of ether oxygens (including phenoxy) is 2. The van der Waals surface area contributed by atoms with Gasteiger partial charge in [-0.15, -0.1) is 5.10 Å². The Morgan fingerprint density at radius 3 is 3.30 bits per heavy atom. The first kappa shape index (κ1) is 13.6. The first-order chi connectivity index (χ1) is 11.2. The van der Waals surface area contributed by atoms with E-state index in [-0.39, 0.29) is 12.1 Å². The molecule has 0 amide bonds. The van der Waals surface area contributed by atoms with Crippen molar-refractivity contribution < 1.29 is 14.6 Å². The molecule has 2 aromatic heterocycles. The summed E-state index contributed by atoms with van der Waals surface area (Å²) in [6.07, 6.45) is 6.11. The van der Waals surface area contributed by atoms with Gasteiger partial charge in [-0.2, -0.15) is 5.10 Å². The highest BCUT2D eigenvalue weighted by Gasteiger charge is 2.51. The molecule has 0 saturated carbocycles. The monoisotopic (exact) mass is 318 g/mol. The third kappa shape index (κ3) is 2.03. The Kier molecular flexibility index (Phi) is 2.85. The van der Waals surface area contributed by atoms with Crippen LogP contribution in [0.5, 0.6) is 0 Å². The van der Waals surface area contributed by atoms with Gasteiger partial charge in [0.05, 0.1) is 31.5 Å². The van der Waals surface area contributed by atoms with E-state index < -0.39 is 11.9 Å². The molecule has 2 fully saturated rings. The number of aromatic nitrogens is 6. The van der Waals surface area contributed by atoms with Gasteiger partial charge in [-0.25, -0.2) is 9.67 Å². The quantitative estimate of drug-likeness (QED) is 0.835. The Hall–Kier alpha value is -1.84. The fourth-order valence-corrected chi connectivity index (χ4v) is 3.74. The van der Waals surface area contributed by atoms with Crippen LogP contribution in [0.25, 0.3) is 0 Å². The number of hydrogen-bond acceptors (Lipinski definition) is 7. The largest absolute Gasteiger partial charge is 0.378 e. The number of nitrogens with zero attached hydrogens (tertiary/aromatic N) is 6. The first-order valence-corrected chi connectivity index (χ1v) is 8.01. The van der Waals surface area contributed by atoms with Crippen molar-refractivity contribution >= 4 is 0 Å². The highest BCUT2D eigenvalue weighted by Crippen LogP contribution is 2.41. The third-order valence-electron chi connectivity index (χ3n) is 5.06. The van der Waals surface area contributed by atoms with Gasteiger partial charge in [0, 0.05) is 6.42 Å². The normalized spacial score (nSPS) is 35.6. The van der Waals surface area contributed by atoms with E-state index in [1.54, 1.807) is 17.2 Å². The molecule has 122 valence electrons. The summed E-state index contributed by atoms with van der Waals surface area (Å²) < 4.78 is 14.9. The lowest BCUT2D eigenvalue weighted by Crippen LogP contribution is -2.44. The Morgan fingerprint density at radius 1 is 1.39 bits per heavy atom. The summed E-state index contributed by atoms with van der Waals surface area (Å²) >= 11 is 0. The number of aliphatic hydroxyl groups is 1. The molecule has 5 heterocycles.